The number of ether oxygens (including phenoxy) is 3. The minimum atomic E-state index is -2.40. The molecule has 1 atom stereocenters. The molecule has 0 saturated carbocycles. The number of imidazole rings is 1. The number of methoxy groups -OCH3 is 1. The lowest BCUT2D eigenvalue weighted by Gasteiger charge is -2.27. The maximum Gasteiger partial charge on any atom is 0.427 e. The van der Waals surface area contributed by atoms with Crippen LogP contribution in [-0.4, -0.2) is 80.7 Å². The Morgan fingerprint density at radius 1 is 1.09 bits per heavy atom. The first-order valence-corrected chi connectivity index (χ1v) is 13.9. The maximum atomic E-state index is 13.0. The van der Waals surface area contributed by atoms with Gasteiger partial charge >= 0.3 is 12.2 Å². The van der Waals surface area contributed by atoms with Gasteiger partial charge in [-0.05, 0) is 61.3 Å². The van der Waals surface area contributed by atoms with E-state index >= 15 is 0 Å². The molecule has 35 heavy (non-hydrogen) atoms. The van der Waals surface area contributed by atoms with Crippen LogP contribution in [0.1, 0.15) is 48.0 Å². The molecule has 2 rings (SSSR count). The van der Waals surface area contributed by atoms with E-state index in [0.29, 0.717) is 16.8 Å². The lowest BCUT2D eigenvalue weighted by Crippen LogP contribution is -2.44. The number of hydrogen-bond donors (Lipinski definition) is 1. The summed E-state index contributed by atoms with van der Waals surface area (Å²) in [6.07, 6.45) is -0.847. The van der Waals surface area contributed by atoms with Crippen LogP contribution in [0.2, 0.25) is 0 Å². The van der Waals surface area contributed by atoms with Gasteiger partial charge in [-0.2, -0.15) is 9.97 Å². The van der Waals surface area contributed by atoms with Crippen molar-refractivity contribution in [2.75, 3.05) is 31.5 Å². The van der Waals surface area contributed by atoms with E-state index in [-0.39, 0.29) is 30.2 Å². The fourth-order valence-corrected chi connectivity index (χ4v) is 4.25. The Morgan fingerprint density at radius 2 is 1.63 bits per heavy atom. The van der Waals surface area contributed by atoms with Gasteiger partial charge in [0, 0.05) is 12.7 Å². The molecule has 13 heteroatoms. The molecule has 0 aliphatic carbocycles. The summed E-state index contributed by atoms with van der Waals surface area (Å²) in [5.41, 5.74) is -1.23. The zero-order valence-electron chi connectivity index (χ0n) is 21.9. The standard InChI is InChI=1S/C22H36N5O7P/c1-21(2,3)33-19(29)27(20(30)34-22(4,5)6)18-24-16-15(17(25-18)32-7)23-13-26(16)11-10-14(28)12-35(8,9)31/h13-14,28H,10-12H2,1-9H3/t14-/m0/s1. The molecule has 1 N–H and O–H groups in total. The molecule has 0 aliphatic rings. The van der Waals surface area contributed by atoms with E-state index in [2.05, 4.69) is 15.0 Å². The van der Waals surface area contributed by atoms with Crippen molar-refractivity contribution >= 4 is 36.4 Å². The van der Waals surface area contributed by atoms with Gasteiger partial charge in [0.15, 0.2) is 11.2 Å². The quantitative estimate of drug-likeness (QED) is 0.541. The van der Waals surface area contributed by atoms with Gasteiger partial charge in [-0.1, -0.05) is 0 Å². The summed E-state index contributed by atoms with van der Waals surface area (Å²) in [5.74, 6) is -0.278. The van der Waals surface area contributed by atoms with Crippen molar-refractivity contribution in [3.05, 3.63) is 6.33 Å². The number of nitrogens with zero attached hydrogens (tertiary/aromatic N) is 5. The van der Waals surface area contributed by atoms with Crippen molar-refractivity contribution in [3.8, 4) is 5.88 Å². The third-order valence-electron chi connectivity index (χ3n) is 4.32. The molecule has 0 bridgehead atoms. The smallest absolute Gasteiger partial charge is 0.427 e. The number of aryl methyl sites for hydroxylation is 1. The van der Waals surface area contributed by atoms with Gasteiger partial charge in [0.1, 0.15) is 11.2 Å². The highest BCUT2D eigenvalue weighted by molar-refractivity contribution is 7.62. The molecule has 0 saturated heterocycles. The molecule has 12 nitrogen and oxygen atoms in total. The number of rotatable bonds is 7. The van der Waals surface area contributed by atoms with Crippen molar-refractivity contribution in [3.63, 3.8) is 0 Å². The third-order valence-corrected chi connectivity index (χ3v) is 5.62. The number of carbonyl (C=O) groups is 2. The van der Waals surface area contributed by atoms with Crippen LogP contribution in [0.4, 0.5) is 15.5 Å². The number of aliphatic hydroxyl groups is 1. The van der Waals surface area contributed by atoms with Crippen LogP contribution < -0.4 is 9.64 Å². The Morgan fingerprint density at radius 3 is 2.09 bits per heavy atom. The molecule has 0 fully saturated rings. The minimum Gasteiger partial charge on any atom is -0.479 e. The molecular weight excluding hydrogens is 477 g/mol. The second kappa shape index (κ2) is 10.5. The van der Waals surface area contributed by atoms with Crippen molar-refractivity contribution in [1.82, 2.24) is 19.5 Å². The molecule has 2 heterocycles. The SMILES string of the molecule is COc1nc(N(C(=O)OC(C)(C)C)C(=O)OC(C)(C)C)nc2c1ncn2CC[C@H](O)CP(C)(C)=O. The Kier molecular flexibility index (Phi) is 8.55. The highest BCUT2D eigenvalue weighted by atomic mass is 31.2. The number of anilines is 1. The molecule has 0 unspecified atom stereocenters. The first-order valence-electron chi connectivity index (χ1n) is 11.2. The second-order valence-corrected chi connectivity index (χ2v) is 14.2. The Hall–Kier alpha value is -2.72. The van der Waals surface area contributed by atoms with E-state index in [1.165, 1.54) is 13.4 Å². The average molecular weight is 514 g/mol. The lowest BCUT2D eigenvalue weighted by atomic mass is 10.2. The number of imide groups is 1. The van der Waals surface area contributed by atoms with E-state index < -0.39 is 36.6 Å². The predicted molar refractivity (Wildman–Crippen MR) is 132 cm³/mol. The molecule has 2 aromatic rings. The lowest BCUT2D eigenvalue weighted by molar-refractivity contribution is 0.0427. The Labute approximate surface area is 205 Å². The monoisotopic (exact) mass is 513 g/mol. The molecule has 2 amide bonds. The highest BCUT2D eigenvalue weighted by Gasteiger charge is 2.35. The van der Waals surface area contributed by atoms with Gasteiger partial charge in [0.2, 0.25) is 11.8 Å². The van der Waals surface area contributed by atoms with Gasteiger partial charge in [-0.3, -0.25) is 0 Å². The number of aliphatic hydroxyl groups excluding tert-OH is 1. The van der Waals surface area contributed by atoms with Crippen molar-refractivity contribution in [2.45, 2.75) is 71.8 Å². The minimum absolute atomic E-state index is 0.0352. The molecule has 196 valence electrons. The first kappa shape index (κ1) is 28.5. The molecule has 0 aliphatic heterocycles. The second-order valence-electron chi connectivity index (χ2n) is 10.6. The van der Waals surface area contributed by atoms with Crippen LogP contribution in [0.25, 0.3) is 11.2 Å². The predicted octanol–water partition coefficient (Wildman–Crippen LogP) is 3.89. The number of amides is 2. The fourth-order valence-electron chi connectivity index (χ4n) is 3.05. The number of fused-ring (bicyclic) bond motifs is 1. The van der Waals surface area contributed by atoms with Crippen LogP contribution in [0.3, 0.4) is 0 Å². The van der Waals surface area contributed by atoms with Crippen LogP contribution in [-0.2, 0) is 20.6 Å². The van der Waals surface area contributed by atoms with Gasteiger partial charge in [0.05, 0.1) is 26.7 Å². The van der Waals surface area contributed by atoms with Crippen LogP contribution >= 0.6 is 7.14 Å². The van der Waals surface area contributed by atoms with Crippen molar-refractivity contribution < 1.29 is 33.5 Å². The largest absolute Gasteiger partial charge is 0.479 e. The molecule has 0 spiro atoms. The number of aromatic nitrogens is 4. The zero-order chi connectivity index (χ0) is 26.8. The number of carbonyl (C=O) groups excluding carboxylic acids is 2. The van der Waals surface area contributed by atoms with Gasteiger partial charge < -0.3 is 28.4 Å². The third kappa shape index (κ3) is 8.47. The van der Waals surface area contributed by atoms with Gasteiger partial charge in [0.25, 0.3) is 0 Å². The first-order chi connectivity index (χ1) is 15.9. The summed E-state index contributed by atoms with van der Waals surface area (Å²) in [5, 5.41) is 10.3. The normalized spacial score (nSPS) is 13.4. The number of hydrogen-bond acceptors (Lipinski definition) is 10. The van der Waals surface area contributed by atoms with E-state index in [1.807, 2.05) is 0 Å². The summed E-state index contributed by atoms with van der Waals surface area (Å²) in [4.78, 5) is 39.5. The zero-order valence-corrected chi connectivity index (χ0v) is 22.8. The van der Waals surface area contributed by atoms with E-state index in [1.54, 1.807) is 59.4 Å². The Balaban J connectivity index is 2.52. The topological polar surface area (TPSA) is 146 Å². The molecular formula is C22H36N5O7P. The van der Waals surface area contributed by atoms with Crippen molar-refractivity contribution in [1.29, 1.82) is 0 Å². The van der Waals surface area contributed by atoms with E-state index in [4.69, 9.17) is 14.2 Å². The average Bonchev–Trinajstić information content (AvgIpc) is 3.04. The fraction of sp³-hybridized carbons (Fsp3) is 0.682. The molecule has 2 aromatic heterocycles. The highest BCUT2D eigenvalue weighted by Crippen LogP contribution is 2.37. The summed E-state index contributed by atoms with van der Waals surface area (Å²) in [6, 6.07) is 0. The van der Waals surface area contributed by atoms with E-state index in [0.717, 1.165) is 0 Å². The summed E-state index contributed by atoms with van der Waals surface area (Å²) in [7, 11) is -1.02. The summed E-state index contributed by atoms with van der Waals surface area (Å²) in [6.45, 7) is 13.5. The van der Waals surface area contributed by atoms with Crippen LogP contribution in [0, 0.1) is 0 Å². The van der Waals surface area contributed by atoms with Crippen molar-refractivity contribution in [2.24, 2.45) is 0 Å². The molecule has 0 radical (unpaired) electrons. The van der Waals surface area contributed by atoms with Crippen LogP contribution in [0.5, 0.6) is 5.88 Å². The van der Waals surface area contributed by atoms with Gasteiger partial charge in [-0.15, -0.1) is 4.90 Å². The summed E-state index contributed by atoms with van der Waals surface area (Å²) >= 11 is 0. The van der Waals surface area contributed by atoms with Gasteiger partial charge in [-0.25, -0.2) is 14.6 Å². The van der Waals surface area contributed by atoms with E-state index in [9.17, 15) is 19.3 Å². The molecule has 0 aromatic carbocycles. The summed E-state index contributed by atoms with van der Waals surface area (Å²) < 4.78 is 29.8. The Bertz CT molecular complexity index is 1090. The maximum absolute atomic E-state index is 13.0. The van der Waals surface area contributed by atoms with Crippen LogP contribution in [0.15, 0.2) is 6.33 Å².